The molecule has 2 N–H and O–H groups in total. The summed E-state index contributed by atoms with van der Waals surface area (Å²) in [7, 11) is 0. The third-order valence-corrected chi connectivity index (χ3v) is 2.57. The normalized spacial score (nSPS) is 10.8. The molecule has 2 heterocycles. The van der Waals surface area contributed by atoms with Gasteiger partial charge < -0.3 is 14.9 Å². The molecule has 0 amide bonds. The first-order valence-electron chi connectivity index (χ1n) is 5.55. The van der Waals surface area contributed by atoms with Gasteiger partial charge in [-0.3, -0.25) is 0 Å². The first-order chi connectivity index (χ1) is 7.90. The lowest BCUT2D eigenvalue weighted by molar-refractivity contribution is 0.550. The van der Waals surface area contributed by atoms with Crippen LogP contribution in [0.3, 0.4) is 0 Å². The van der Waals surface area contributed by atoms with Crippen molar-refractivity contribution in [3.63, 3.8) is 0 Å². The lowest BCUT2D eigenvalue weighted by atomic mass is 10.3. The molecule has 0 radical (unpaired) electrons. The predicted molar refractivity (Wildman–Crippen MR) is 61.8 cm³/mol. The van der Waals surface area contributed by atoms with Crippen LogP contribution in [0, 0.1) is 0 Å². The topological polar surface area (TPSA) is 61.7 Å². The summed E-state index contributed by atoms with van der Waals surface area (Å²) < 4.78 is 4.25. The molecule has 0 aliphatic heterocycles. The van der Waals surface area contributed by atoms with Crippen molar-refractivity contribution in [2.75, 3.05) is 6.54 Å². The molecular weight excluding hydrogens is 202 g/mol. The summed E-state index contributed by atoms with van der Waals surface area (Å²) in [6.07, 6.45) is 11.4. The van der Waals surface area contributed by atoms with Crippen LogP contribution in [0.15, 0.2) is 31.2 Å². The molecule has 0 unspecified atom stereocenters. The molecule has 2 aromatic heterocycles. The highest BCUT2D eigenvalue weighted by Gasteiger charge is 2.00. The summed E-state index contributed by atoms with van der Waals surface area (Å²) in [5.74, 6) is 0. The van der Waals surface area contributed by atoms with Gasteiger partial charge in [0.25, 0.3) is 0 Å². The number of rotatable bonds is 6. The van der Waals surface area contributed by atoms with Crippen molar-refractivity contribution in [2.45, 2.75) is 25.9 Å². The summed E-state index contributed by atoms with van der Waals surface area (Å²) in [5, 5.41) is 0. The molecule has 0 aromatic carbocycles. The molecule has 0 fully saturated rings. The summed E-state index contributed by atoms with van der Waals surface area (Å²) >= 11 is 0. The largest absolute Gasteiger partial charge is 0.337 e. The first kappa shape index (κ1) is 10.9. The van der Waals surface area contributed by atoms with E-state index < -0.39 is 0 Å². The Morgan fingerprint density at radius 3 is 2.88 bits per heavy atom. The molecule has 2 rings (SSSR count). The number of hydrogen-bond donors (Lipinski definition) is 1. The number of aryl methyl sites for hydroxylation is 2. The number of nitrogens with two attached hydrogens (primary N) is 1. The van der Waals surface area contributed by atoms with Crippen molar-refractivity contribution in [1.82, 2.24) is 19.1 Å². The van der Waals surface area contributed by atoms with Gasteiger partial charge >= 0.3 is 0 Å². The van der Waals surface area contributed by atoms with Crippen molar-refractivity contribution >= 4 is 0 Å². The van der Waals surface area contributed by atoms with Gasteiger partial charge in [0.15, 0.2) is 0 Å². The minimum absolute atomic E-state index is 0.674. The minimum atomic E-state index is 0.674. The summed E-state index contributed by atoms with van der Waals surface area (Å²) in [6, 6.07) is 0. The van der Waals surface area contributed by atoms with E-state index in [0.717, 1.165) is 25.9 Å². The molecule has 0 bridgehead atoms. The van der Waals surface area contributed by atoms with Crippen molar-refractivity contribution < 1.29 is 0 Å². The maximum Gasteiger partial charge on any atom is 0.0948 e. The number of imidazole rings is 2. The van der Waals surface area contributed by atoms with E-state index in [9.17, 15) is 0 Å². The lowest BCUT2D eigenvalue weighted by Crippen LogP contribution is -2.09. The zero-order valence-corrected chi connectivity index (χ0v) is 9.29. The van der Waals surface area contributed by atoms with Gasteiger partial charge in [-0.25, -0.2) is 9.97 Å². The maximum atomic E-state index is 5.54. The molecule has 2 aromatic rings. The van der Waals surface area contributed by atoms with Gasteiger partial charge in [-0.15, -0.1) is 0 Å². The quantitative estimate of drug-likeness (QED) is 0.776. The van der Waals surface area contributed by atoms with Gasteiger partial charge in [-0.05, 0) is 13.0 Å². The van der Waals surface area contributed by atoms with Gasteiger partial charge in [-0.2, -0.15) is 0 Å². The maximum absolute atomic E-state index is 5.54. The second kappa shape index (κ2) is 5.46. The highest BCUT2D eigenvalue weighted by Crippen LogP contribution is 2.02. The average molecular weight is 219 g/mol. The molecule has 16 heavy (non-hydrogen) atoms. The SMILES string of the molecule is NCCc1cncn1CCCn1ccnc1. The fourth-order valence-corrected chi connectivity index (χ4v) is 1.75. The molecule has 0 aliphatic rings. The van der Waals surface area contributed by atoms with Crippen molar-refractivity contribution in [2.24, 2.45) is 5.73 Å². The van der Waals surface area contributed by atoms with Gasteiger partial charge in [0.05, 0.1) is 12.7 Å². The van der Waals surface area contributed by atoms with Crippen LogP contribution in [-0.4, -0.2) is 25.6 Å². The molecule has 0 aliphatic carbocycles. The summed E-state index contributed by atoms with van der Waals surface area (Å²) in [4.78, 5) is 8.16. The van der Waals surface area contributed by atoms with E-state index in [2.05, 4.69) is 19.1 Å². The second-order valence-corrected chi connectivity index (χ2v) is 3.77. The van der Waals surface area contributed by atoms with E-state index >= 15 is 0 Å². The Kier molecular flexibility index (Phi) is 3.71. The van der Waals surface area contributed by atoms with E-state index in [1.807, 2.05) is 25.0 Å². The van der Waals surface area contributed by atoms with E-state index in [0.29, 0.717) is 6.54 Å². The first-order valence-corrected chi connectivity index (χ1v) is 5.55. The van der Waals surface area contributed by atoms with Gasteiger partial charge in [-0.1, -0.05) is 0 Å². The molecule has 0 atom stereocenters. The zero-order valence-electron chi connectivity index (χ0n) is 9.29. The van der Waals surface area contributed by atoms with Crippen LogP contribution in [0.2, 0.25) is 0 Å². The molecular formula is C11H17N5. The van der Waals surface area contributed by atoms with Crippen LogP contribution in [0.5, 0.6) is 0 Å². The Balaban J connectivity index is 1.82. The third kappa shape index (κ3) is 2.70. The second-order valence-electron chi connectivity index (χ2n) is 3.77. The van der Waals surface area contributed by atoms with Gasteiger partial charge in [0.1, 0.15) is 0 Å². The summed E-state index contributed by atoms with van der Waals surface area (Å²) in [6.45, 7) is 2.64. The fourth-order valence-electron chi connectivity index (χ4n) is 1.75. The van der Waals surface area contributed by atoms with Gasteiger partial charge in [0.2, 0.25) is 0 Å². The van der Waals surface area contributed by atoms with Crippen molar-refractivity contribution in [3.8, 4) is 0 Å². The van der Waals surface area contributed by atoms with Crippen LogP contribution in [-0.2, 0) is 19.5 Å². The predicted octanol–water partition coefficient (Wildman–Crippen LogP) is 0.671. The van der Waals surface area contributed by atoms with Gasteiger partial charge in [0, 0.05) is 43.8 Å². The van der Waals surface area contributed by atoms with Crippen LogP contribution >= 0.6 is 0 Å². The Morgan fingerprint density at radius 1 is 1.19 bits per heavy atom. The highest BCUT2D eigenvalue weighted by molar-refractivity contribution is 4.98. The van der Waals surface area contributed by atoms with Crippen molar-refractivity contribution in [1.29, 1.82) is 0 Å². The Bertz CT molecular complexity index is 404. The van der Waals surface area contributed by atoms with Crippen LogP contribution in [0.4, 0.5) is 0 Å². The molecule has 0 spiro atoms. The molecule has 0 saturated heterocycles. The molecule has 86 valence electrons. The van der Waals surface area contributed by atoms with Crippen LogP contribution < -0.4 is 5.73 Å². The zero-order chi connectivity index (χ0) is 11.2. The van der Waals surface area contributed by atoms with E-state index in [1.54, 1.807) is 6.20 Å². The highest BCUT2D eigenvalue weighted by atomic mass is 15.1. The summed E-state index contributed by atoms with van der Waals surface area (Å²) in [5.41, 5.74) is 6.76. The third-order valence-electron chi connectivity index (χ3n) is 2.57. The van der Waals surface area contributed by atoms with Crippen LogP contribution in [0.1, 0.15) is 12.1 Å². The minimum Gasteiger partial charge on any atom is -0.337 e. The Labute approximate surface area is 94.9 Å². The monoisotopic (exact) mass is 219 g/mol. The van der Waals surface area contributed by atoms with Crippen molar-refractivity contribution in [3.05, 3.63) is 36.9 Å². The smallest absolute Gasteiger partial charge is 0.0948 e. The Hall–Kier alpha value is -1.62. The van der Waals surface area contributed by atoms with E-state index in [-0.39, 0.29) is 0 Å². The number of aromatic nitrogens is 4. The van der Waals surface area contributed by atoms with Crippen LogP contribution in [0.25, 0.3) is 0 Å². The Morgan fingerprint density at radius 2 is 2.12 bits per heavy atom. The standard InChI is InChI=1S/C11H17N5/c12-3-2-11-8-14-10-16(11)6-1-5-15-7-4-13-9-15/h4,7-10H,1-3,5-6,12H2. The molecule has 5 heteroatoms. The molecule has 0 saturated carbocycles. The lowest BCUT2D eigenvalue weighted by Gasteiger charge is -2.07. The van der Waals surface area contributed by atoms with E-state index in [1.165, 1.54) is 5.69 Å². The van der Waals surface area contributed by atoms with E-state index in [4.69, 9.17) is 5.73 Å². The average Bonchev–Trinajstić information content (AvgIpc) is 2.91. The fraction of sp³-hybridized carbons (Fsp3) is 0.455. The molecule has 5 nitrogen and oxygen atoms in total. The number of hydrogen-bond acceptors (Lipinski definition) is 3. The number of nitrogens with zero attached hydrogens (tertiary/aromatic N) is 4.